The molecule has 6 atom stereocenters. The Hall–Kier alpha value is -0.585. The number of quaternary nitrogens is 1. The second kappa shape index (κ2) is 5.80. The number of rotatable bonds is 5. The van der Waals surface area contributed by atoms with Crippen LogP contribution in [0.1, 0.15) is 47.0 Å². The van der Waals surface area contributed by atoms with E-state index < -0.39 is 0 Å². The molecule has 3 aliphatic carbocycles. The van der Waals surface area contributed by atoms with Gasteiger partial charge in [-0.3, -0.25) is 4.79 Å². The van der Waals surface area contributed by atoms with Gasteiger partial charge in [-0.15, -0.1) is 0 Å². The Morgan fingerprint density at radius 3 is 2.77 bits per heavy atom. The van der Waals surface area contributed by atoms with Gasteiger partial charge in [0.15, 0.2) is 6.54 Å². The van der Waals surface area contributed by atoms with E-state index >= 15 is 0 Å². The standard InChI is InChI=1S/C16H29BN2O3/c1-9(2)5-14(19-15(20)8-18)17-21-13-7-11-6-12(10(11)3)16(13,4)22-17/h9-14H,5-8,18H2,1-4H3,(H,19,20)/p+1. The molecule has 0 aromatic rings. The highest BCUT2D eigenvalue weighted by Crippen LogP contribution is 2.59. The molecule has 124 valence electrons. The summed E-state index contributed by atoms with van der Waals surface area (Å²) in [5.74, 6) is 2.50. The molecule has 22 heavy (non-hydrogen) atoms. The van der Waals surface area contributed by atoms with Crippen molar-refractivity contribution in [1.82, 2.24) is 5.32 Å². The van der Waals surface area contributed by atoms with Crippen molar-refractivity contribution >= 4 is 13.0 Å². The Labute approximate surface area is 133 Å². The van der Waals surface area contributed by atoms with E-state index in [2.05, 4.69) is 38.7 Å². The summed E-state index contributed by atoms with van der Waals surface area (Å²) in [5.41, 5.74) is 3.49. The first-order chi connectivity index (χ1) is 10.3. The number of amides is 1. The average Bonchev–Trinajstić information content (AvgIpc) is 2.82. The topological polar surface area (TPSA) is 75.2 Å². The lowest BCUT2D eigenvalue weighted by molar-refractivity contribution is -0.355. The zero-order valence-corrected chi connectivity index (χ0v) is 14.3. The minimum atomic E-state index is -0.320. The molecule has 5 nitrogen and oxygen atoms in total. The fourth-order valence-corrected chi connectivity index (χ4v) is 4.70. The van der Waals surface area contributed by atoms with Crippen molar-refractivity contribution in [3.8, 4) is 0 Å². The molecule has 1 amide bonds. The molecule has 6 heteroatoms. The third-order valence-electron chi connectivity index (χ3n) is 6.12. The number of hydrogen-bond acceptors (Lipinski definition) is 3. The van der Waals surface area contributed by atoms with Crippen LogP contribution >= 0.6 is 0 Å². The molecule has 0 spiro atoms. The number of hydrogen-bond donors (Lipinski definition) is 2. The van der Waals surface area contributed by atoms with Gasteiger partial charge in [-0.2, -0.15) is 0 Å². The zero-order chi connectivity index (χ0) is 16.1. The van der Waals surface area contributed by atoms with Crippen LogP contribution in [0.25, 0.3) is 0 Å². The van der Waals surface area contributed by atoms with Crippen LogP contribution in [-0.2, 0) is 14.1 Å². The maximum Gasteiger partial charge on any atom is 0.481 e. The molecule has 0 radical (unpaired) electrons. The van der Waals surface area contributed by atoms with E-state index in [0.29, 0.717) is 11.8 Å². The van der Waals surface area contributed by atoms with Gasteiger partial charge in [0.05, 0.1) is 17.6 Å². The van der Waals surface area contributed by atoms with Gasteiger partial charge in [0, 0.05) is 0 Å². The van der Waals surface area contributed by atoms with Crippen LogP contribution < -0.4 is 11.1 Å². The molecule has 0 aromatic heterocycles. The number of carbonyl (C=O) groups excluding carboxylic acids is 1. The van der Waals surface area contributed by atoms with Gasteiger partial charge >= 0.3 is 7.12 Å². The van der Waals surface area contributed by atoms with Crippen molar-refractivity contribution < 1.29 is 19.8 Å². The molecule has 2 bridgehead atoms. The summed E-state index contributed by atoms with van der Waals surface area (Å²) in [5, 5.41) is 3.06. The summed E-state index contributed by atoms with van der Waals surface area (Å²) in [6.07, 6.45) is 3.42. The van der Waals surface area contributed by atoms with E-state index in [4.69, 9.17) is 9.31 Å². The Balaban J connectivity index is 1.72. The second-order valence-electron chi connectivity index (χ2n) is 8.05. The Morgan fingerprint density at radius 1 is 1.45 bits per heavy atom. The molecule has 1 aliphatic heterocycles. The lowest BCUT2D eigenvalue weighted by Crippen LogP contribution is -2.61. The maximum atomic E-state index is 11.8. The number of nitrogens with one attached hydrogen (secondary N) is 1. The first-order valence-electron chi connectivity index (χ1n) is 8.77. The van der Waals surface area contributed by atoms with Crippen LogP contribution in [0, 0.1) is 23.7 Å². The minimum absolute atomic E-state index is 0.0319. The molecule has 1 saturated heterocycles. The fourth-order valence-electron chi connectivity index (χ4n) is 4.70. The molecule has 4 aliphatic rings. The predicted octanol–water partition coefficient (Wildman–Crippen LogP) is 0.637. The van der Waals surface area contributed by atoms with Gasteiger partial charge in [0.1, 0.15) is 0 Å². The molecule has 4 N–H and O–H groups in total. The molecule has 6 unspecified atom stereocenters. The highest BCUT2D eigenvalue weighted by atomic mass is 16.7. The first-order valence-corrected chi connectivity index (χ1v) is 8.77. The molecule has 4 rings (SSSR count). The second-order valence-corrected chi connectivity index (χ2v) is 8.05. The summed E-state index contributed by atoms with van der Waals surface area (Å²) in [6, 6.07) is 0. The van der Waals surface area contributed by atoms with Crippen molar-refractivity contribution in [1.29, 1.82) is 0 Å². The van der Waals surface area contributed by atoms with Gasteiger partial charge in [0.25, 0.3) is 5.91 Å². The minimum Gasteiger partial charge on any atom is -0.404 e. The van der Waals surface area contributed by atoms with Crippen LogP contribution in [0.4, 0.5) is 0 Å². The van der Waals surface area contributed by atoms with Gasteiger partial charge in [-0.05, 0) is 49.9 Å². The van der Waals surface area contributed by atoms with Crippen LogP contribution in [0.2, 0.25) is 0 Å². The molecule has 0 aromatic carbocycles. The Bertz CT molecular complexity index is 447. The van der Waals surface area contributed by atoms with Crippen LogP contribution in [0.15, 0.2) is 0 Å². The van der Waals surface area contributed by atoms with Crippen LogP contribution in [0.3, 0.4) is 0 Å². The van der Waals surface area contributed by atoms with E-state index in [0.717, 1.165) is 24.7 Å². The Morgan fingerprint density at radius 2 is 2.18 bits per heavy atom. The molecular formula is C16H30BN2O3+. The largest absolute Gasteiger partial charge is 0.481 e. The quantitative estimate of drug-likeness (QED) is 0.732. The lowest BCUT2D eigenvalue weighted by Gasteiger charge is -2.58. The van der Waals surface area contributed by atoms with Crippen molar-refractivity contribution in [2.75, 3.05) is 6.54 Å². The monoisotopic (exact) mass is 309 g/mol. The highest BCUT2D eigenvalue weighted by Gasteiger charge is 2.64. The van der Waals surface area contributed by atoms with Gasteiger partial charge in [0.2, 0.25) is 0 Å². The molecule has 1 heterocycles. The van der Waals surface area contributed by atoms with E-state index in [9.17, 15) is 4.79 Å². The highest BCUT2D eigenvalue weighted by molar-refractivity contribution is 6.47. The molecular weight excluding hydrogens is 279 g/mol. The smallest absolute Gasteiger partial charge is 0.404 e. The summed E-state index contributed by atoms with van der Waals surface area (Å²) < 4.78 is 12.7. The molecule has 3 saturated carbocycles. The van der Waals surface area contributed by atoms with Crippen molar-refractivity contribution in [3.05, 3.63) is 0 Å². The number of carbonyl (C=O) groups is 1. The molecule has 4 fully saturated rings. The summed E-state index contributed by atoms with van der Waals surface area (Å²) >= 11 is 0. The lowest BCUT2D eigenvalue weighted by atomic mass is 9.51. The normalized spacial score (nSPS) is 41.1. The third kappa shape index (κ3) is 2.59. The Kier molecular flexibility index (Phi) is 4.29. The van der Waals surface area contributed by atoms with Gasteiger partial charge in [-0.1, -0.05) is 20.8 Å². The average molecular weight is 309 g/mol. The van der Waals surface area contributed by atoms with Crippen molar-refractivity contribution in [2.24, 2.45) is 23.7 Å². The fraction of sp³-hybridized carbons (Fsp3) is 0.938. The van der Waals surface area contributed by atoms with E-state index in [1.54, 1.807) is 0 Å². The van der Waals surface area contributed by atoms with Gasteiger partial charge in [-0.25, -0.2) is 0 Å². The van der Waals surface area contributed by atoms with Crippen LogP contribution in [-0.4, -0.2) is 37.2 Å². The first kappa shape index (κ1) is 16.3. The van der Waals surface area contributed by atoms with Gasteiger partial charge < -0.3 is 20.4 Å². The van der Waals surface area contributed by atoms with Crippen molar-refractivity contribution in [2.45, 2.75) is 64.6 Å². The zero-order valence-electron chi connectivity index (χ0n) is 14.3. The summed E-state index contributed by atoms with van der Waals surface area (Å²) in [6.45, 7) is 9.12. The van der Waals surface area contributed by atoms with Crippen molar-refractivity contribution in [3.63, 3.8) is 0 Å². The third-order valence-corrected chi connectivity index (χ3v) is 6.12. The predicted molar refractivity (Wildman–Crippen MR) is 84.6 cm³/mol. The summed E-state index contributed by atoms with van der Waals surface area (Å²) in [7, 11) is -0.320. The van der Waals surface area contributed by atoms with E-state index in [1.807, 2.05) is 0 Å². The maximum absolute atomic E-state index is 11.8. The van der Waals surface area contributed by atoms with E-state index in [1.165, 1.54) is 6.42 Å². The SMILES string of the molecule is CC(C)CC(NC(=O)C[NH3+])B1OC2CC3CC(C3C)C2(C)O1. The van der Waals surface area contributed by atoms with Crippen LogP contribution in [0.5, 0.6) is 0 Å². The summed E-state index contributed by atoms with van der Waals surface area (Å²) in [4.78, 5) is 11.8. The van der Waals surface area contributed by atoms with E-state index in [-0.39, 0.29) is 37.2 Å².